The molecule has 0 radical (unpaired) electrons. The number of carbonyl (C=O) groups excluding carboxylic acids is 1. The number of halogens is 1. The Bertz CT molecular complexity index is 321. The first-order chi connectivity index (χ1) is 7.13. The van der Waals surface area contributed by atoms with Gasteiger partial charge in [0, 0.05) is 10.5 Å². The molecule has 3 heteroatoms. The molecule has 0 fully saturated rings. The highest BCUT2D eigenvalue weighted by Gasteiger charge is 2.10. The summed E-state index contributed by atoms with van der Waals surface area (Å²) < 4.78 is 1.22. The number of hydrogen-bond acceptors (Lipinski definition) is 1. The van der Waals surface area contributed by atoms with Gasteiger partial charge in [-0.1, -0.05) is 25.5 Å². The zero-order chi connectivity index (χ0) is 11.3. The quantitative estimate of drug-likeness (QED) is 0.849. The van der Waals surface area contributed by atoms with Crippen LogP contribution in [0.5, 0.6) is 0 Å². The number of nitrogens with one attached hydrogen (secondary N) is 1. The van der Waals surface area contributed by atoms with Gasteiger partial charge in [0.2, 0.25) is 5.91 Å². The second kappa shape index (κ2) is 6.10. The van der Waals surface area contributed by atoms with Crippen molar-refractivity contribution in [1.29, 1.82) is 0 Å². The van der Waals surface area contributed by atoms with E-state index < -0.39 is 0 Å². The van der Waals surface area contributed by atoms with Crippen LogP contribution in [-0.2, 0) is 4.79 Å². The van der Waals surface area contributed by atoms with Crippen LogP contribution in [0.1, 0.15) is 38.3 Å². The molecule has 0 aromatic heterocycles. The molecule has 0 unspecified atom stereocenters. The molecule has 0 aliphatic carbocycles. The Morgan fingerprint density at radius 1 is 1.40 bits per heavy atom. The molecule has 0 aliphatic rings. The fourth-order valence-corrected chi connectivity index (χ4v) is 1.91. The predicted molar refractivity (Wildman–Crippen MR) is 70.6 cm³/mol. The lowest BCUT2D eigenvalue weighted by molar-refractivity contribution is -0.119. The minimum absolute atomic E-state index is 0.0343. The van der Waals surface area contributed by atoms with Crippen LogP contribution >= 0.6 is 22.6 Å². The van der Waals surface area contributed by atoms with Gasteiger partial charge in [-0.15, -0.1) is 0 Å². The first-order valence-electron chi connectivity index (χ1n) is 5.16. The summed E-state index contributed by atoms with van der Waals surface area (Å²) in [5, 5.41) is 2.98. The van der Waals surface area contributed by atoms with E-state index in [1.54, 1.807) is 6.92 Å². The molecular weight excluding hydrogens is 301 g/mol. The van der Waals surface area contributed by atoms with Crippen LogP contribution in [0.2, 0.25) is 0 Å². The van der Waals surface area contributed by atoms with Crippen LogP contribution in [0.4, 0.5) is 0 Å². The molecule has 1 aromatic carbocycles. The Hall–Kier alpha value is -0.580. The van der Waals surface area contributed by atoms with E-state index >= 15 is 0 Å². The Labute approximate surface area is 105 Å². The molecule has 82 valence electrons. The van der Waals surface area contributed by atoms with E-state index in [1.807, 2.05) is 0 Å². The third-order valence-electron chi connectivity index (χ3n) is 2.23. The van der Waals surface area contributed by atoms with Crippen LogP contribution in [0.3, 0.4) is 0 Å². The topological polar surface area (TPSA) is 29.1 Å². The van der Waals surface area contributed by atoms with Gasteiger partial charge in [0.15, 0.2) is 0 Å². The Morgan fingerprint density at radius 2 is 2.00 bits per heavy atom. The van der Waals surface area contributed by atoms with Gasteiger partial charge in [0.05, 0.1) is 6.04 Å². The van der Waals surface area contributed by atoms with Crippen molar-refractivity contribution in [2.45, 2.75) is 32.7 Å². The molecule has 1 rings (SSSR count). The summed E-state index contributed by atoms with van der Waals surface area (Å²) in [4.78, 5) is 11.1. The first-order valence-corrected chi connectivity index (χ1v) is 6.24. The molecule has 0 heterocycles. The minimum atomic E-state index is 0.0343. The predicted octanol–water partition coefficient (Wildman–Crippen LogP) is 3.27. The summed E-state index contributed by atoms with van der Waals surface area (Å²) >= 11 is 2.28. The first kappa shape index (κ1) is 12.5. The lowest BCUT2D eigenvalue weighted by atomic mass is 10.0. The molecule has 2 nitrogen and oxygen atoms in total. The molecule has 0 bridgehead atoms. The van der Waals surface area contributed by atoms with E-state index in [1.165, 1.54) is 9.13 Å². The molecule has 1 atom stereocenters. The third kappa shape index (κ3) is 4.20. The number of carbonyl (C=O) groups is 1. The molecule has 15 heavy (non-hydrogen) atoms. The lowest BCUT2D eigenvalue weighted by Crippen LogP contribution is -2.25. The fraction of sp³-hybridized carbons (Fsp3) is 0.417. The molecule has 1 N–H and O–H groups in total. The van der Waals surface area contributed by atoms with Crippen LogP contribution < -0.4 is 5.32 Å². The van der Waals surface area contributed by atoms with Crippen molar-refractivity contribution in [3.8, 4) is 0 Å². The van der Waals surface area contributed by atoms with Gasteiger partial charge in [0.1, 0.15) is 0 Å². The molecule has 0 saturated carbocycles. The van der Waals surface area contributed by atoms with E-state index in [-0.39, 0.29) is 11.9 Å². The van der Waals surface area contributed by atoms with Gasteiger partial charge in [-0.05, 0) is 46.7 Å². The van der Waals surface area contributed by atoms with Crippen molar-refractivity contribution in [2.75, 3.05) is 0 Å². The van der Waals surface area contributed by atoms with Gasteiger partial charge in [-0.3, -0.25) is 4.79 Å². The molecule has 0 aliphatic heterocycles. The van der Waals surface area contributed by atoms with E-state index in [0.717, 1.165) is 12.8 Å². The number of benzene rings is 1. The number of amides is 1. The van der Waals surface area contributed by atoms with E-state index in [2.05, 4.69) is 59.1 Å². The Balaban J connectivity index is 2.78. The Morgan fingerprint density at radius 3 is 2.47 bits per heavy atom. The fourth-order valence-electron chi connectivity index (χ4n) is 1.55. The lowest BCUT2D eigenvalue weighted by Gasteiger charge is -2.17. The van der Waals surface area contributed by atoms with Crippen molar-refractivity contribution >= 4 is 28.5 Å². The summed E-state index contributed by atoms with van der Waals surface area (Å²) in [7, 11) is 0. The second-order valence-corrected chi connectivity index (χ2v) is 4.84. The monoisotopic (exact) mass is 317 g/mol. The van der Waals surface area contributed by atoms with Crippen LogP contribution in [0.25, 0.3) is 0 Å². The highest BCUT2D eigenvalue weighted by Crippen LogP contribution is 2.19. The molecular formula is C12H16INO. The van der Waals surface area contributed by atoms with Crippen molar-refractivity contribution < 1.29 is 4.79 Å². The number of rotatable bonds is 4. The normalized spacial score (nSPS) is 12.2. The molecule has 0 saturated heterocycles. The van der Waals surface area contributed by atoms with E-state index in [4.69, 9.17) is 0 Å². The summed E-state index contributed by atoms with van der Waals surface area (Å²) in [5.41, 5.74) is 1.19. The van der Waals surface area contributed by atoms with E-state index in [0.29, 0.717) is 0 Å². The van der Waals surface area contributed by atoms with Gasteiger partial charge >= 0.3 is 0 Å². The summed E-state index contributed by atoms with van der Waals surface area (Å²) in [6, 6.07) is 8.46. The van der Waals surface area contributed by atoms with Gasteiger partial charge < -0.3 is 5.32 Å². The van der Waals surface area contributed by atoms with Crippen LogP contribution in [0, 0.1) is 3.57 Å². The average molecular weight is 317 g/mol. The van der Waals surface area contributed by atoms with E-state index in [9.17, 15) is 4.79 Å². The van der Waals surface area contributed by atoms with Crippen molar-refractivity contribution in [1.82, 2.24) is 5.32 Å². The Kier molecular flexibility index (Phi) is 5.08. The van der Waals surface area contributed by atoms with Crippen molar-refractivity contribution in [2.24, 2.45) is 0 Å². The minimum Gasteiger partial charge on any atom is -0.350 e. The second-order valence-electron chi connectivity index (χ2n) is 3.59. The summed E-state index contributed by atoms with van der Waals surface area (Å²) in [6.07, 6.45) is 2.05. The van der Waals surface area contributed by atoms with Gasteiger partial charge in [-0.25, -0.2) is 0 Å². The SMILES string of the molecule is CCC[C@@H](NC(C)=O)c1ccc(I)cc1. The average Bonchev–Trinajstić information content (AvgIpc) is 2.17. The summed E-state index contributed by atoms with van der Waals surface area (Å²) in [5.74, 6) is 0.0343. The van der Waals surface area contributed by atoms with Crippen LogP contribution in [0.15, 0.2) is 24.3 Å². The molecule has 0 spiro atoms. The van der Waals surface area contributed by atoms with Gasteiger partial charge in [-0.2, -0.15) is 0 Å². The number of hydrogen-bond donors (Lipinski definition) is 1. The zero-order valence-electron chi connectivity index (χ0n) is 9.09. The van der Waals surface area contributed by atoms with Crippen molar-refractivity contribution in [3.63, 3.8) is 0 Å². The highest BCUT2D eigenvalue weighted by atomic mass is 127. The standard InChI is InChI=1S/C12H16INO/c1-3-4-12(14-9(2)15)10-5-7-11(13)8-6-10/h5-8,12H,3-4H2,1-2H3,(H,14,15)/t12-/m1/s1. The van der Waals surface area contributed by atoms with Crippen LogP contribution in [-0.4, -0.2) is 5.91 Å². The maximum atomic E-state index is 11.1. The zero-order valence-corrected chi connectivity index (χ0v) is 11.2. The maximum Gasteiger partial charge on any atom is 0.217 e. The maximum absolute atomic E-state index is 11.1. The molecule has 1 aromatic rings. The summed E-state index contributed by atoms with van der Waals surface area (Å²) in [6.45, 7) is 3.69. The third-order valence-corrected chi connectivity index (χ3v) is 2.95. The molecule has 1 amide bonds. The van der Waals surface area contributed by atoms with Crippen molar-refractivity contribution in [3.05, 3.63) is 33.4 Å². The largest absolute Gasteiger partial charge is 0.350 e. The smallest absolute Gasteiger partial charge is 0.217 e. The van der Waals surface area contributed by atoms with Gasteiger partial charge in [0.25, 0.3) is 0 Å². The highest BCUT2D eigenvalue weighted by molar-refractivity contribution is 14.1.